The van der Waals surface area contributed by atoms with Gasteiger partial charge in [-0.2, -0.15) is 0 Å². The number of nitrogens with zero attached hydrogens (tertiary/aromatic N) is 1. The van der Waals surface area contributed by atoms with E-state index in [9.17, 15) is 24.7 Å². The summed E-state index contributed by atoms with van der Waals surface area (Å²) in [4.78, 5) is 0.765. The number of fused-ring (bicyclic) bond motifs is 12. The van der Waals surface area contributed by atoms with Crippen LogP contribution in [0.5, 0.6) is 0 Å². The smallest absolute Gasteiger partial charge is 0.0754 e. The Hall–Kier alpha value is -7.78. The Morgan fingerprint density at radius 1 is 0.317 bits per heavy atom. The van der Waals surface area contributed by atoms with E-state index < -0.39 is 339 Å². The number of anilines is 3. The fourth-order valence-electron chi connectivity index (χ4n) is 8.41. The van der Waals surface area contributed by atoms with Gasteiger partial charge in [0.2, 0.25) is 0 Å². The highest BCUT2D eigenvalue weighted by atomic mass is 32.1. The van der Waals surface area contributed by atoms with Crippen molar-refractivity contribution in [2.24, 2.45) is 0 Å². The molecule has 0 unspecified atom stereocenters. The standard InChI is InChI=1S/C61H39NS/c1-3-18-40(19-4-1)44-22-7-9-24-46(44)42-34-36-56-54(38-42)61(52-30-14-11-26-48(52)49-27-12-15-31-53(49)61)55-39-43(47-25-10-8-23-45(47)41-20-5-2-6-21-41)35-37-57(55)62(56)58-32-17-29-51-50-28-13-16-33-59(50)63-60(51)58/h1-39H/i1D,2D,3D,4D,5D,6D,7D,8D,9D,10D,11D,12D,13D,14D,15D,16D,17D,18D,19D,20D,21D,22D,23D,24D,25D,26D,27D,28D,29D,30D,31D,32D,33D,34D,35D,36D,37D. The van der Waals surface area contributed by atoms with Crippen molar-refractivity contribution in [3.05, 3.63) is 258 Å². The highest BCUT2D eigenvalue weighted by Crippen LogP contribution is 2.65. The summed E-state index contributed by atoms with van der Waals surface area (Å²) in [6, 6.07) is -37.3. The lowest BCUT2D eigenvalue weighted by Crippen LogP contribution is -2.36. The molecule has 0 atom stereocenters. The van der Waals surface area contributed by atoms with Gasteiger partial charge in [0.15, 0.2) is 0 Å². The lowest BCUT2D eigenvalue weighted by atomic mass is 9.64. The summed E-state index contributed by atoms with van der Waals surface area (Å²) < 4.78 is 346. The first kappa shape index (κ1) is 14.9. The molecule has 1 aliphatic heterocycles. The van der Waals surface area contributed by atoms with Crippen molar-refractivity contribution in [1.29, 1.82) is 0 Å². The molecule has 0 saturated heterocycles. The van der Waals surface area contributed by atoms with Crippen LogP contribution < -0.4 is 4.90 Å². The Balaban J connectivity index is 1.39. The van der Waals surface area contributed by atoms with Gasteiger partial charge in [0.1, 0.15) is 0 Å². The molecule has 2 heteroatoms. The zero-order valence-corrected chi connectivity index (χ0v) is 32.3. The van der Waals surface area contributed by atoms with Crippen molar-refractivity contribution in [1.82, 2.24) is 0 Å². The van der Waals surface area contributed by atoms with E-state index in [0.29, 0.717) is 11.3 Å². The van der Waals surface area contributed by atoms with Gasteiger partial charge in [-0.25, -0.2) is 0 Å². The van der Waals surface area contributed by atoms with Crippen molar-refractivity contribution in [2.45, 2.75) is 5.41 Å². The van der Waals surface area contributed by atoms with Gasteiger partial charge < -0.3 is 4.90 Å². The Bertz CT molecular complexity index is 5450. The van der Waals surface area contributed by atoms with E-state index in [1.165, 1.54) is 0 Å². The molecule has 1 aliphatic carbocycles. The summed E-state index contributed by atoms with van der Waals surface area (Å²) in [5, 5.41) is -0.894. The third kappa shape index (κ3) is 5.29. The molecular formula is C61H39NS. The zero-order chi connectivity index (χ0) is 73.7. The minimum Gasteiger partial charge on any atom is -0.308 e. The Morgan fingerprint density at radius 3 is 1.29 bits per heavy atom. The highest BCUT2D eigenvalue weighted by Gasteiger charge is 2.52. The Labute approximate surface area is 423 Å². The van der Waals surface area contributed by atoms with Crippen LogP contribution in [-0.4, -0.2) is 0 Å². The lowest BCUT2D eigenvalue weighted by Gasteiger charge is -2.45. The monoisotopic (exact) mass is 855 g/mol. The van der Waals surface area contributed by atoms with Crippen molar-refractivity contribution < 1.29 is 50.7 Å². The van der Waals surface area contributed by atoms with Crippen molar-refractivity contribution in [3.63, 3.8) is 0 Å². The van der Waals surface area contributed by atoms with Gasteiger partial charge in [-0.05, 0) is 114 Å². The van der Waals surface area contributed by atoms with Crippen LogP contribution in [0.1, 0.15) is 73.0 Å². The van der Waals surface area contributed by atoms with E-state index in [1.807, 2.05) is 0 Å². The predicted molar refractivity (Wildman–Crippen MR) is 267 cm³/mol. The van der Waals surface area contributed by atoms with E-state index in [1.54, 1.807) is 0 Å². The molecule has 0 N–H and O–H groups in total. The largest absolute Gasteiger partial charge is 0.308 e. The van der Waals surface area contributed by atoms with Gasteiger partial charge in [-0.15, -0.1) is 11.3 Å². The van der Waals surface area contributed by atoms with Gasteiger partial charge in [-0.1, -0.05) is 199 Å². The van der Waals surface area contributed by atoms with E-state index >= 15 is 0 Å². The molecule has 0 amide bonds. The van der Waals surface area contributed by atoms with Crippen LogP contribution >= 0.6 is 11.3 Å². The van der Waals surface area contributed by atoms with Gasteiger partial charge >= 0.3 is 0 Å². The van der Waals surface area contributed by atoms with Crippen molar-refractivity contribution >= 4 is 48.6 Å². The first-order chi connectivity index (χ1) is 46.6. The average Bonchev–Trinajstić information content (AvgIpc) is 1.42. The lowest BCUT2D eigenvalue weighted by molar-refractivity contribution is 0.753. The average molecular weight is 855 g/mol. The Kier molecular flexibility index (Phi) is 3.35. The third-order valence-corrected chi connectivity index (χ3v) is 12.0. The zero-order valence-electron chi connectivity index (χ0n) is 68.5. The van der Waals surface area contributed by atoms with E-state index in [2.05, 4.69) is 0 Å². The SMILES string of the molecule is [2H]c1c(-c2c([2H])c([2H])c([2H])c([2H])c2-c2c([2H])c([2H])c([2H])c([2H])c2[2H])cc2c(c1[2H])N(c1c([2H])c([2H])c([2H])c3c1sc1c([2H])c([2H])c([2H])c([2H])c13)c1c(cc(-c3c([2H])c([2H])c([2H])c([2H])c3-c3c([2H])c([2H])c([2H])c([2H])c3[2H])c([2H])c1[2H])C21c2c([2H])c([2H])c([2H])c([2H])c2-c2c([2H])c([2H])c([2H])c([2H])c21. The summed E-state index contributed by atoms with van der Waals surface area (Å²) >= 11 is 0.473. The van der Waals surface area contributed by atoms with Crippen molar-refractivity contribution in [3.8, 4) is 55.6 Å². The summed E-state index contributed by atoms with van der Waals surface area (Å²) in [5.41, 5.74) is -18.0. The molecule has 0 saturated carbocycles. The van der Waals surface area contributed by atoms with Crippen LogP contribution in [-0.2, 0) is 5.41 Å². The third-order valence-electron chi connectivity index (χ3n) is 10.9. The molecule has 2 aliphatic rings. The van der Waals surface area contributed by atoms with Crippen LogP contribution in [0.2, 0.25) is 0 Å². The van der Waals surface area contributed by atoms with Crippen LogP contribution in [0.15, 0.2) is 236 Å². The molecule has 0 fully saturated rings. The molecule has 10 aromatic carbocycles. The molecule has 0 bridgehead atoms. The minimum absolute atomic E-state index is 0.317. The van der Waals surface area contributed by atoms with Crippen LogP contribution in [0.4, 0.5) is 17.1 Å². The van der Waals surface area contributed by atoms with E-state index in [-0.39, 0.29) is 4.70 Å². The topological polar surface area (TPSA) is 3.24 Å². The Morgan fingerprint density at radius 2 is 0.746 bits per heavy atom. The molecule has 1 nitrogen and oxygen atoms in total. The maximum absolute atomic E-state index is 10.6. The predicted octanol–water partition coefficient (Wildman–Crippen LogP) is 16.9. The molecule has 13 rings (SSSR count). The second-order valence-electron chi connectivity index (χ2n) is 14.0. The van der Waals surface area contributed by atoms with Gasteiger partial charge in [-0.3, -0.25) is 0 Å². The van der Waals surface area contributed by atoms with Crippen LogP contribution in [0.3, 0.4) is 0 Å². The molecule has 2 heterocycles. The number of hydrogen-bond acceptors (Lipinski definition) is 2. The first-order valence-electron chi connectivity index (χ1n) is 37.2. The van der Waals surface area contributed by atoms with Gasteiger partial charge in [0, 0.05) is 15.5 Å². The number of hydrogen-bond donors (Lipinski definition) is 0. The van der Waals surface area contributed by atoms with Gasteiger partial charge in [0.25, 0.3) is 0 Å². The molecule has 0 radical (unpaired) electrons. The molecule has 11 aromatic rings. The number of benzene rings is 10. The summed E-state index contributed by atoms with van der Waals surface area (Å²) in [5.74, 6) is 0. The van der Waals surface area contributed by atoms with Crippen molar-refractivity contribution in [2.75, 3.05) is 4.90 Å². The fraction of sp³-hybridized carbons (Fsp3) is 0.0164. The molecular weight excluding hydrogens is 779 g/mol. The second kappa shape index (κ2) is 14.1. The van der Waals surface area contributed by atoms with Crippen LogP contribution in [0, 0.1) is 0 Å². The minimum atomic E-state index is -3.22. The maximum Gasteiger partial charge on any atom is 0.0754 e. The maximum atomic E-state index is 10.6. The fourth-order valence-corrected chi connectivity index (χ4v) is 9.47. The number of thiophene rings is 1. The molecule has 294 valence electrons. The molecule has 1 aromatic heterocycles. The van der Waals surface area contributed by atoms with E-state index in [4.69, 9.17) is 26.0 Å². The van der Waals surface area contributed by atoms with Gasteiger partial charge in [0.05, 0.1) is 77.9 Å². The summed E-state index contributed by atoms with van der Waals surface area (Å²) in [6.07, 6.45) is 0. The van der Waals surface area contributed by atoms with E-state index in [0.717, 1.165) is 17.0 Å². The highest BCUT2D eigenvalue weighted by molar-refractivity contribution is 7.26. The quantitative estimate of drug-likeness (QED) is 0.167. The molecule has 1 spiro atoms. The molecule has 63 heavy (non-hydrogen) atoms. The normalized spacial score (nSPS) is 21.4. The summed E-state index contributed by atoms with van der Waals surface area (Å²) in [6.45, 7) is 0. The number of rotatable bonds is 5. The summed E-state index contributed by atoms with van der Waals surface area (Å²) in [7, 11) is 0. The second-order valence-corrected chi connectivity index (χ2v) is 15.0. The first-order valence-corrected chi connectivity index (χ1v) is 19.6. The van der Waals surface area contributed by atoms with Crippen LogP contribution in [0.25, 0.3) is 75.8 Å².